The number of carbonyl (C=O) groups is 2. The second-order valence-electron chi connectivity index (χ2n) is 7.84. The first-order valence-corrected chi connectivity index (χ1v) is 11.0. The molecule has 1 aromatic heterocycles. The molecule has 7 heteroatoms. The van der Waals surface area contributed by atoms with Gasteiger partial charge in [-0.2, -0.15) is 0 Å². The number of carbonyl (C=O) groups excluding carboxylic acids is 2. The van der Waals surface area contributed by atoms with Crippen molar-refractivity contribution in [1.29, 1.82) is 0 Å². The Morgan fingerprint density at radius 3 is 2.31 bits per heavy atom. The normalized spacial score (nSPS) is 12.1. The number of hydrogen-bond acceptors (Lipinski definition) is 4. The lowest BCUT2D eigenvalue weighted by atomic mass is 10.0. The van der Waals surface area contributed by atoms with E-state index in [-0.39, 0.29) is 24.0 Å². The van der Waals surface area contributed by atoms with E-state index >= 15 is 0 Å². The summed E-state index contributed by atoms with van der Waals surface area (Å²) in [6, 6.07) is 7.82. The van der Waals surface area contributed by atoms with E-state index in [2.05, 4.69) is 29.5 Å². The lowest BCUT2D eigenvalue weighted by Gasteiger charge is -2.26. The summed E-state index contributed by atoms with van der Waals surface area (Å²) >= 11 is 1.39. The molecule has 1 heterocycles. The van der Waals surface area contributed by atoms with Gasteiger partial charge in [0.25, 0.3) is 5.91 Å². The summed E-state index contributed by atoms with van der Waals surface area (Å²) < 4.78 is 0. The van der Waals surface area contributed by atoms with Crippen molar-refractivity contribution >= 4 is 29.0 Å². The van der Waals surface area contributed by atoms with Gasteiger partial charge in [0.2, 0.25) is 0 Å². The Labute approximate surface area is 177 Å². The van der Waals surface area contributed by atoms with Crippen LogP contribution in [-0.2, 0) is 6.54 Å². The number of benzene rings is 1. The highest BCUT2D eigenvalue weighted by Crippen LogP contribution is 2.19. The van der Waals surface area contributed by atoms with Crippen molar-refractivity contribution in [2.24, 2.45) is 0 Å². The molecule has 0 aliphatic heterocycles. The quantitative estimate of drug-likeness (QED) is 0.618. The molecule has 0 spiro atoms. The maximum Gasteiger partial charge on any atom is 0.322 e. The molecule has 6 nitrogen and oxygen atoms in total. The van der Waals surface area contributed by atoms with E-state index in [9.17, 15) is 9.59 Å². The molecule has 158 valence electrons. The number of thiazole rings is 1. The summed E-state index contributed by atoms with van der Waals surface area (Å²) in [6.45, 7) is 12.5. The number of nitrogens with zero attached hydrogens (tertiary/aromatic N) is 2. The molecule has 1 aromatic carbocycles. The van der Waals surface area contributed by atoms with Gasteiger partial charge in [-0.05, 0) is 50.8 Å². The highest BCUT2D eigenvalue weighted by Gasteiger charge is 2.20. The van der Waals surface area contributed by atoms with Crippen molar-refractivity contribution in [3.63, 3.8) is 0 Å². The minimum Gasteiger partial charge on any atom is -0.348 e. The third kappa shape index (κ3) is 6.56. The molecule has 3 amide bonds. The number of nitrogens with one attached hydrogen (secondary N) is 2. The van der Waals surface area contributed by atoms with Crippen LogP contribution >= 0.6 is 11.3 Å². The highest BCUT2D eigenvalue weighted by molar-refractivity contribution is 7.09. The monoisotopic (exact) mass is 416 g/mol. The fraction of sp³-hybridized carbons (Fsp3) is 0.500. The topological polar surface area (TPSA) is 74.3 Å². The lowest BCUT2D eigenvalue weighted by molar-refractivity contribution is 0.0934. The van der Waals surface area contributed by atoms with Gasteiger partial charge in [-0.3, -0.25) is 4.79 Å². The van der Waals surface area contributed by atoms with Crippen LogP contribution in [0.3, 0.4) is 0 Å². The van der Waals surface area contributed by atoms with Gasteiger partial charge in [0.15, 0.2) is 0 Å². The van der Waals surface area contributed by atoms with Crippen molar-refractivity contribution in [2.45, 2.75) is 72.5 Å². The molecule has 2 aromatic rings. The van der Waals surface area contributed by atoms with E-state index in [1.54, 1.807) is 10.3 Å². The molecule has 29 heavy (non-hydrogen) atoms. The van der Waals surface area contributed by atoms with E-state index in [0.29, 0.717) is 18.2 Å². The van der Waals surface area contributed by atoms with Gasteiger partial charge in [-0.1, -0.05) is 32.9 Å². The Bertz CT molecular complexity index is 814. The molecule has 0 bridgehead atoms. The second-order valence-corrected chi connectivity index (χ2v) is 8.78. The molecule has 0 saturated heterocycles. The van der Waals surface area contributed by atoms with Crippen LogP contribution in [-0.4, -0.2) is 33.9 Å². The van der Waals surface area contributed by atoms with E-state index in [1.165, 1.54) is 16.9 Å². The van der Waals surface area contributed by atoms with Crippen LogP contribution in [0.5, 0.6) is 0 Å². The van der Waals surface area contributed by atoms with Crippen LogP contribution in [0, 0.1) is 0 Å². The lowest BCUT2D eigenvalue weighted by Crippen LogP contribution is -2.39. The first kappa shape index (κ1) is 22.9. The molecule has 0 saturated carbocycles. The van der Waals surface area contributed by atoms with E-state index in [4.69, 9.17) is 0 Å². The molecule has 0 aliphatic rings. The summed E-state index contributed by atoms with van der Waals surface area (Å²) in [5.41, 5.74) is 2.39. The maximum atomic E-state index is 12.8. The first-order chi connectivity index (χ1) is 13.7. The Balaban J connectivity index is 2.04. The predicted octanol–water partition coefficient (Wildman–Crippen LogP) is 5.24. The van der Waals surface area contributed by atoms with Crippen molar-refractivity contribution in [3.8, 4) is 0 Å². The number of anilines is 1. The predicted molar refractivity (Wildman–Crippen MR) is 120 cm³/mol. The Hall–Kier alpha value is -2.41. The Morgan fingerprint density at radius 1 is 1.10 bits per heavy atom. The smallest absolute Gasteiger partial charge is 0.322 e. The Kier molecular flexibility index (Phi) is 8.20. The molecule has 2 N–H and O–H groups in total. The largest absolute Gasteiger partial charge is 0.348 e. The van der Waals surface area contributed by atoms with Crippen LogP contribution in [0.2, 0.25) is 0 Å². The summed E-state index contributed by atoms with van der Waals surface area (Å²) in [5, 5.41) is 8.35. The molecular formula is C22H32N4O2S. The van der Waals surface area contributed by atoms with Crippen LogP contribution < -0.4 is 10.6 Å². The second kappa shape index (κ2) is 10.4. The van der Waals surface area contributed by atoms with E-state index < -0.39 is 0 Å². The summed E-state index contributed by atoms with van der Waals surface area (Å²) in [7, 11) is 0. The minimum absolute atomic E-state index is 0.00812. The summed E-state index contributed by atoms with van der Waals surface area (Å²) in [6.07, 6.45) is 0.863. The summed E-state index contributed by atoms with van der Waals surface area (Å²) in [4.78, 5) is 31.2. The number of aromatic nitrogens is 1. The van der Waals surface area contributed by atoms with Gasteiger partial charge < -0.3 is 15.5 Å². The fourth-order valence-electron chi connectivity index (χ4n) is 2.67. The van der Waals surface area contributed by atoms with Crippen molar-refractivity contribution < 1.29 is 9.59 Å². The van der Waals surface area contributed by atoms with Gasteiger partial charge in [-0.25, -0.2) is 9.78 Å². The van der Waals surface area contributed by atoms with Crippen LogP contribution in [0.4, 0.5) is 10.5 Å². The molecule has 0 aliphatic carbocycles. The molecule has 0 fully saturated rings. The number of hydrogen-bond donors (Lipinski definition) is 2. The molecular weight excluding hydrogens is 384 g/mol. The number of amides is 3. The van der Waals surface area contributed by atoms with Crippen LogP contribution in [0.25, 0.3) is 0 Å². The Morgan fingerprint density at radius 2 is 1.76 bits per heavy atom. The summed E-state index contributed by atoms with van der Waals surface area (Å²) in [5.74, 6) is 0.274. The highest BCUT2D eigenvalue weighted by atomic mass is 32.1. The molecule has 0 radical (unpaired) electrons. The van der Waals surface area contributed by atoms with E-state index in [1.807, 2.05) is 52.0 Å². The average Bonchev–Trinajstić information content (AvgIpc) is 3.15. The third-order valence-corrected chi connectivity index (χ3v) is 5.63. The maximum absolute atomic E-state index is 12.8. The van der Waals surface area contributed by atoms with Crippen LogP contribution in [0.15, 0.2) is 29.6 Å². The van der Waals surface area contributed by atoms with Gasteiger partial charge in [-0.15, -0.1) is 11.3 Å². The fourth-order valence-corrected chi connectivity index (χ4v) is 3.44. The van der Waals surface area contributed by atoms with Gasteiger partial charge in [0.05, 0.1) is 6.54 Å². The van der Waals surface area contributed by atoms with Crippen molar-refractivity contribution in [3.05, 3.63) is 45.9 Å². The zero-order chi connectivity index (χ0) is 21.6. The van der Waals surface area contributed by atoms with E-state index in [0.717, 1.165) is 17.1 Å². The zero-order valence-electron chi connectivity index (χ0n) is 18.2. The number of urea groups is 1. The standard InChI is InChI=1S/C22H32N4O2S/c1-7-16(6)23-21(27)19-13-29-20(25-19)12-26(15(4)5)22(28)24-18-10-8-17(9-11-18)14(2)3/h8-11,13-16H,7,12H2,1-6H3,(H,23,27)(H,24,28)/t16-/m0/s1. The third-order valence-electron chi connectivity index (χ3n) is 4.79. The van der Waals surface area contributed by atoms with Gasteiger partial charge in [0, 0.05) is 23.2 Å². The van der Waals surface area contributed by atoms with Gasteiger partial charge >= 0.3 is 6.03 Å². The SMILES string of the molecule is CC[C@H](C)NC(=O)c1csc(CN(C(=O)Nc2ccc(C(C)C)cc2)C(C)C)n1. The zero-order valence-corrected chi connectivity index (χ0v) is 19.0. The molecule has 1 atom stereocenters. The first-order valence-electron chi connectivity index (χ1n) is 10.1. The van der Waals surface area contributed by atoms with Crippen molar-refractivity contribution in [2.75, 3.05) is 5.32 Å². The molecule has 0 unspecified atom stereocenters. The van der Waals surface area contributed by atoms with Crippen molar-refractivity contribution in [1.82, 2.24) is 15.2 Å². The average molecular weight is 417 g/mol. The molecule has 2 rings (SSSR count). The van der Waals surface area contributed by atoms with Gasteiger partial charge in [0.1, 0.15) is 10.7 Å². The van der Waals surface area contributed by atoms with Crippen LogP contribution in [0.1, 0.15) is 74.9 Å². The minimum atomic E-state index is -0.182. The number of rotatable bonds is 8.